The van der Waals surface area contributed by atoms with Crippen molar-refractivity contribution in [1.29, 1.82) is 0 Å². The van der Waals surface area contributed by atoms with Gasteiger partial charge in [-0.05, 0) is 35.9 Å². The molecule has 2 rings (SSSR count). The summed E-state index contributed by atoms with van der Waals surface area (Å²) in [6.45, 7) is 1.70. The van der Waals surface area contributed by atoms with Crippen LogP contribution in [0.4, 0.5) is 20.6 Å². The summed E-state index contributed by atoms with van der Waals surface area (Å²) in [4.78, 5) is 28.6. The molecular formula is C16H17FN4O2. The van der Waals surface area contributed by atoms with Crippen molar-refractivity contribution in [2.45, 2.75) is 13.5 Å². The third kappa shape index (κ3) is 4.77. The molecule has 0 unspecified atom stereocenters. The minimum absolute atomic E-state index is 0.0205. The van der Waals surface area contributed by atoms with E-state index in [1.807, 2.05) is 12.1 Å². The number of hydrogen-bond donors (Lipinski definition) is 2. The third-order valence-electron chi connectivity index (χ3n) is 3.04. The van der Waals surface area contributed by atoms with Gasteiger partial charge in [0.15, 0.2) is 0 Å². The van der Waals surface area contributed by atoms with Gasteiger partial charge in [0.2, 0.25) is 5.91 Å². The van der Waals surface area contributed by atoms with Crippen molar-refractivity contribution in [3.8, 4) is 0 Å². The van der Waals surface area contributed by atoms with Gasteiger partial charge in [-0.3, -0.25) is 9.78 Å². The predicted octanol–water partition coefficient (Wildman–Crippen LogP) is 2.84. The largest absolute Gasteiger partial charge is 0.324 e. The molecule has 2 N–H and O–H groups in total. The van der Waals surface area contributed by atoms with Gasteiger partial charge in [0.05, 0.1) is 5.69 Å². The number of amides is 3. The van der Waals surface area contributed by atoms with Crippen molar-refractivity contribution in [2.24, 2.45) is 0 Å². The van der Waals surface area contributed by atoms with Gasteiger partial charge in [0.25, 0.3) is 0 Å². The lowest BCUT2D eigenvalue weighted by Gasteiger charge is -2.18. The van der Waals surface area contributed by atoms with Crippen molar-refractivity contribution in [3.05, 3.63) is 54.1 Å². The lowest BCUT2D eigenvalue weighted by Crippen LogP contribution is -2.30. The molecule has 0 aliphatic rings. The first-order chi connectivity index (χ1) is 11.0. The van der Waals surface area contributed by atoms with E-state index in [4.69, 9.17) is 0 Å². The maximum atomic E-state index is 13.6. The standard InChI is InChI=1S/C16H17FN4O2/c1-11(22)19-15-9-13(3-4-14(15)17)20-16(23)21(2)10-12-5-7-18-8-6-12/h3-9H,10H2,1-2H3,(H,19,22)(H,20,23). The first-order valence-electron chi connectivity index (χ1n) is 6.94. The van der Waals surface area contributed by atoms with Gasteiger partial charge in [-0.15, -0.1) is 0 Å². The molecule has 23 heavy (non-hydrogen) atoms. The topological polar surface area (TPSA) is 74.3 Å². The Balaban J connectivity index is 2.03. The van der Waals surface area contributed by atoms with E-state index in [0.717, 1.165) is 5.56 Å². The maximum absolute atomic E-state index is 13.6. The van der Waals surface area contributed by atoms with Crippen LogP contribution < -0.4 is 10.6 Å². The molecular weight excluding hydrogens is 299 g/mol. The lowest BCUT2D eigenvalue weighted by molar-refractivity contribution is -0.114. The van der Waals surface area contributed by atoms with Crippen LogP contribution in [0.1, 0.15) is 12.5 Å². The van der Waals surface area contributed by atoms with Crippen LogP contribution in [0, 0.1) is 5.82 Å². The molecule has 120 valence electrons. The van der Waals surface area contributed by atoms with Gasteiger partial charge in [-0.2, -0.15) is 0 Å². The van der Waals surface area contributed by atoms with Crippen LogP contribution in [0.25, 0.3) is 0 Å². The number of nitrogens with zero attached hydrogens (tertiary/aromatic N) is 2. The number of anilines is 2. The van der Waals surface area contributed by atoms with E-state index in [1.54, 1.807) is 19.4 Å². The molecule has 0 saturated heterocycles. The summed E-state index contributed by atoms with van der Waals surface area (Å²) in [5.74, 6) is -0.953. The quantitative estimate of drug-likeness (QED) is 0.911. The van der Waals surface area contributed by atoms with Crippen LogP contribution in [0.2, 0.25) is 0 Å². The van der Waals surface area contributed by atoms with Crippen molar-refractivity contribution in [2.75, 3.05) is 17.7 Å². The zero-order valence-electron chi connectivity index (χ0n) is 12.8. The predicted molar refractivity (Wildman–Crippen MR) is 85.4 cm³/mol. The fraction of sp³-hybridized carbons (Fsp3) is 0.188. The molecule has 0 atom stereocenters. The fourth-order valence-electron chi connectivity index (χ4n) is 1.94. The van der Waals surface area contributed by atoms with Gasteiger partial charge in [0.1, 0.15) is 5.82 Å². The van der Waals surface area contributed by atoms with Crippen LogP contribution in [0.3, 0.4) is 0 Å². The lowest BCUT2D eigenvalue weighted by atomic mass is 10.2. The Morgan fingerprint density at radius 2 is 1.87 bits per heavy atom. The number of hydrogen-bond acceptors (Lipinski definition) is 3. The minimum atomic E-state index is -0.566. The molecule has 0 radical (unpaired) electrons. The average molecular weight is 316 g/mol. The highest BCUT2D eigenvalue weighted by Crippen LogP contribution is 2.20. The molecule has 7 heteroatoms. The van der Waals surface area contributed by atoms with Crippen LogP contribution in [0.15, 0.2) is 42.7 Å². The van der Waals surface area contributed by atoms with E-state index in [0.29, 0.717) is 12.2 Å². The Morgan fingerprint density at radius 3 is 2.52 bits per heavy atom. The second kappa shape index (κ2) is 7.35. The van der Waals surface area contributed by atoms with E-state index in [-0.39, 0.29) is 17.6 Å². The number of halogens is 1. The Labute approximate surface area is 133 Å². The first-order valence-corrected chi connectivity index (χ1v) is 6.94. The normalized spacial score (nSPS) is 10.0. The molecule has 2 aromatic rings. The number of nitrogens with one attached hydrogen (secondary N) is 2. The number of carbonyl (C=O) groups is 2. The van der Waals surface area contributed by atoms with Crippen molar-refractivity contribution in [1.82, 2.24) is 9.88 Å². The van der Waals surface area contributed by atoms with Gasteiger partial charge in [0, 0.05) is 38.6 Å². The summed E-state index contributed by atoms with van der Waals surface area (Å²) in [6.07, 6.45) is 3.31. The van der Waals surface area contributed by atoms with Gasteiger partial charge >= 0.3 is 6.03 Å². The fourth-order valence-corrected chi connectivity index (χ4v) is 1.94. The molecule has 3 amide bonds. The zero-order valence-corrected chi connectivity index (χ0v) is 12.8. The van der Waals surface area contributed by atoms with Crippen LogP contribution in [0.5, 0.6) is 0 Å². The Kier molecular flexibility index (Phi) is 5.24. The molecule has 0 aliphatic carbocycles. The molecule has 1 heterocycles. The number of carbonyl (C=O) groups excluding carboxylic acids is 2. The first kappa shape index (κ1) is 16.4. The number of pyridine rings is 1. The highest BCUT2D eigenvalue weighted by atomic mass is 19.1. The van der Waals surface area contributed by atoms with E-state index >= 15 is 0 Å². The third-order valence-corrected chi connectivity index (χ3v) is 3.04. The number of benzene rings is 1. The smallest absolute Gasteiger partial charge is 0.321 e. The molecule has 0 bridgehead atoms. The number of aromatic nitrogens is 1. The maximum Gasteiger partial charge on any atom is 0.321 e. The number of rotatable bonds is 4. The summed E-state index contributed by atoms with van der Waals surface area (Å²) >= 11 is 0. The molecule has 6 nitrogen and oxygen atoms in total. The van der Waals surface area contributed by atoms with Crippen molar-refractivity contribution >= 4 is 23.3 Å². The molecule has 0 spiro atoms. The Morgan fingerprint density at radius 1 is 1.17 bits per heavy atom. The SMILES string of the molecule is CC(=O)Nc1cc(NC(=O)N(C)Cc2ccncc2)ccc1F. The van der Waals surface area contributed by atoms with E-state index in [2.05, 4.69) is 15.6 Å². The highest BCUT2D eigenvalue weighted by Gasteiger charge is 2.11. The van der Waals surface area contributed by atoms with Crippen LogP contribution >= 0.6 is 0 Å². The van der Waals surface area contributed by atoms with Crippen molar-refractivity contribution in [3.63, 3.8) is 0 Å². The highest BCUT2D eigenvalue weighted by molar-refractivity contribution is 5.92. The average Bonchev–Trinajstić information content (AvgIpc) is 2.51. The van der Waals surface area contributed by atoms with E-state index < -0.39 is 5.82 Å². The zero-order chi connectivity index (χ0) is 16.8. The van der Waals surface area contributed by atoms with Gasteiger partial charge in [-0.1, -0.05) is 0 Å². The van der Waals surface area contributed by atoms with Crippen molar-refractivity contribution < 1.29 is 14.0 Å². The summed E-state index contributed by atoms with van der Waals surface area (Å²) in [6, 6.07) is 7.27. The minimum Gasteiger partial charge on any atom is -0.324 e. The summed E-state index contributed by atoms with van der Waals surface area (Å²) in [5.41, 5.74) is 1.35. The molecule has 0 fully saturated rings. The second-order valence-electron chi connectivity index (χ2n) is 5.02. The number of urea groups is 1. The molecule has 0 aliphatic heterocycles. The second-order valence-corrected chi connectivity index (χ2v) is 5.02. The van der Waals surface area contributed by atoms with Gasteiger partial charge < -0.3 is 15.5 Å². The molecule has 1 aromatic heterocycles. The Hall–Kier alpha value is -2.96. The van der Waals surface area contributed by atoms with E-state index in [1.165, 1.54) is 30.0 Å². The summed E-state index contributed by atoms with van der Waals surface area (Å²) < 4.78 is 13.6. The van der Waals surface area contributed by atoms with Crippen LogP contribution in [-0.2, 0) is 11.3 Å². The molecule has 0 saturated carbocycles. The monoisotopic (exact) mass is 316 g/mol. The summed E-state index contributed by atoms with van der Waals surface area (Å²) in [5, 5.41) is 5.03. The van der Waals surface area contributed by atoms with Gasteiger partial charge in [-0.25, -0.2) is 9.18 Å². The Bertz CT molecular complexity index is 706. The van der Waals surface area contributed by atoms with Crippen LogP contribution in [-0.4, -0.2) is 28.9 Å². The summed E-state index contributed by atoms with van der Waals surface area (Å²) in [7, 11) is 1.65. The van der Waals surface area contributed by atoms with E-state index in [9.17, 15) is 14.0 Å². The molecule has 1 aromatic carbocycles.